The first kappa shape index (κ1) is 29.8. The van der Waals surface area contributed by atoms with E-state index >= 15 is 0 Å². The van der Waals surface area contributed by atoms with E-state index in [1.165, 1.54) is 13.8 Å². The molecule has 2 aromatic rings. The molecular formula is C25H37FN4O3. The number of nitrogens with two attached hydrogens (primary N) is 2. The highest BCUT2D eigenvalue weighted by Gasteiger charge is 2.12. The Morgan fingerprint density at radius 1 is 1.18 bits per heavy atom. The maximum Gasteiger partial charge on any atom is 0.121 e. The summed E-state index contributed by atoms with van der Waals surface area (Å²) >= 11 is 0. The molecule has 7 nitrogen and oxygen atoms in total. The number of rotatable bonds is 10. The van der Waals surface area contributed by atoms with Crippen molar-refractivity contribution in [1.82, 2.24) is 0 Å². The molecule has 0 fully saturated rings. The number of nitrogens with one attached hydrogen (secondary N) is 1. The number of benzene rings is 2. The fourth-order valence-electron chi connectivity index (χ4n) is 2.50. The average Bonchev–Trinajstić information content (AvgIpc) is 2.77. The molecule has 0 spiro atoms. The van der Waals surface area contributed by atoms with Crippen LogP contribution in [0.5, 0.6) is 5.75 Å². The Balaban J connectivity index is 0.000000973. The quantitative estimate of drug-likeness (QED) is 0.261. The molecule has 0 aliphatic carbocycles. The second-order valence-electron chi connectivity index (χ2n) is 7.39. The molecule has 2 aromatic carbocycles. The molecule has 2 rings (SSSR count). The van der Waals surface area contributed by atoms with E-state index in [9.17, 15) is 4.39 Å². The van der Waals surface area contributed by atoms with Crippen LogP contribution in [0.2, 0.25) is 0 Å². The van der Waals surface area contributed by atoms with Gasteiger partial charge < -0.3 is 31.1 Å². The van der Waals surface area contributed by atoms with Gasteiger partial charge in [-0.1, -0.05) is 6.58 Å². The minimum Gasteiger partial charge on any atom is -0.491 e. The molecule has 0 heterocycles. The third-order valence-corrected chi connectivity index (χ3v) is 4.06. The van der Waals surface area contributed by atoms with Gasteiger partial charge in [-0.05, 0) is 70.1 Å². The van der Waals surface area contributed by atoms with Crippen molar-refractivity contribution in [2.24, 2.45) is 10.7 Å². The number of methoxy groups -OCH3 is 1. The van der Waals surface area contributed by atoms with Crippen molar-refractivity contribution >= 4 is 35.8 Å². The van der Waals surface area contributed by atoms with E-state index in [0.717, 1.165) is 34.1 Å². The van der Waals surface area contributed by atoms with E-state index in [4.69, 9.17) is 25.7 Å². The lowest BCUT2D eigenvalue weighted by Crippen LogP contribution is -2.17. The van der Waals surface area contributed by atoms with Gasteiger partial charge in [0.15, 0.2) is 0 Å². The summed E-state index contributed by atoms with van der Waals surface area (Å²) in [4.78, 5) is 12.4. The van der Waals surface area contributed by atoms with Crippen LogP contribution in [0.4, 0.5) is 21.5 Å². The number of anilines is 2. The summed E-state index contributed by atoms with van der Waals surface area (Å²) in [5, 5.41) is 3.27. The number of nitrogens with zero attached hydrogens (tertiary/aromatic N) is 1. The van der Waals surface area contributed by atoms with Crippen LogP contribution >= 0.6 is 0 Å². The van der Waals surface area contributed by atoms with Crippen LogP contribution in [0.15, 0.2) is 54.0 Å². The van der Waals surface area contributed by atoms with Crippen LogP contribution < -0.4 is 21.5 Å². The number of aliphatic imine (C=N–C) groups is 1. The fraction of sp³-hybridized carbons (Fsp3) is 0.360. The van der Waals surface area contributed by atoms with E-state index in [0.29, 0.717) is 26.2 Å². The lowest BCUT2D eigenvalue weighted by molar-refractivity contribution is -0.0980. The molecule has 0 aliphatic rings. The third kappa shape index (κ3) is 13.0. The van der Waals surface area contributed by atoms with Crippen molar-refractivity contribution in [3.63, 3.8) is 0 Å². The van der Waals surface area contributed by atoms with E-state index in [2.05, 4.69) is 16.9 Å². The molecular weight excluding hydrogens is 423 g/mol. The first-order valence-corrected chi connectivity index (χ1v) is 10.4. The van der Waals surface area contributed by atoms with Gasteiger partial charge in [0.2, 0.25) is 0 Å². The number of halogens is 1. The van der Waals surface area contributed by atoms with Gasteiger partial charge in [0, 0.05) is 42.0 Å². The minimum atomic E-state index is -1.07. The minimum absolute atomic E-state index is 0.434. The van der Waals surface area contributed by atoms with Gasteiger partial charge in [-0.15, -0.1) is 0 Å². The summed E-state index contributed by atoms with van der Waals surface area (Å²) < 4.78 is 22.9. The van der Waals surface area contributed by atoms with Crippen molar-refractivity contribution < 1.29 is 18.7 Å². The molecule has 0 amide bonds. The standard InChI is InChI=1S/C19H23N3O2.C5H12FN.CH2O/c1-4-21-19-13-17(24-12-11-23-3)9-10-18(19)14(2)22-16-7-5-15(20)6-8-16;1-5(2,6)3-4-7;1-2/h4-10,13,22H,2,11-12,20H2,1,3H3;3-4,7H2,1-2H3;1H2. The Morgan fingerprint density at radius 3 is 2.30 bits per heavy atom. The zero-order chi connectivity index (χ0) is 25.3. The molecule has 0 radical (unpaired) electrons. The summed E-state index contributed by atoms with van der Waals surface area (Å²) in [6.07, 6.45) is 2.20. The van der Waals surface area contributed by atoms with Crippen LogP contribution in [0.25, 0.3) is 5.70 Å². The van der Waals surface area contributed by atoms with Crippen molar-refractivity contribution in [3.05, 3.63) is 54.6 Å². The molecule has 0 aromatic heterocycles. The van der Waals surface area contributed by atoms with Gasteiger partial charge in [-0.25, -0.2) is 4.39 Å². The number of nitrogen functional groups attached to an aromatic ring is 1. The lowest BCUT2D eigenvalue weighted by Gasteiger charge is -2.14. The SMILES string of the molecule is C=C(Nc1ccc(N)cc1)c1ccc(OCCOC)cc1N=CC.C=O.CC(C)(F)CCN. The first-order chi connectivity index (χ1) is 15.7. The molecule has 0 aliphatic heterocycles. The molecule has 33 heavy (non-hydrogen) atoms. The second-order valence-corrected chi connectivity index (χ2v) is 7.39. The van der Waals surface area contributed by atoms with E-state index < -0.39 is 5.67 Å². The fourth-order valence-corrected chi connectivity index (χ4v) is 2.50. The molecule has 0 atom stereocenters. The Bertz CT molecular complexity index is 850. The van der Waals surface area contributed by atoms with Gasteiger partial charge in [-0.2, -0.15) is 0 Å². The lowest BCUT2D eigenvalue weighted by atomic mass is 10.1. The van der Waals surface area contributed by atoms with E-state index in [1.807, 2.05) is 56.2 Å². The Hall–Kier alpha value is -3.23. The Kier molecular flexibility index (Phi) is 14.8. The molecule has 182 valence electrons. The van der Waals surface area contributed by atoms with Crippen LogP contribution in [0.3, 0.4) is 0 Å². The van der Waals surface area contributed by atoms with Crippen molar-refractivity contribution in [1.29, 1.82) is 0 Å². The molecule has 0 unspecified atom stereocenters. The zero-order valence-corrected chi connectivity index (χ0v) is 20.1. The molecule has 0 bridgehead atoms. The van der Waals surface area contributed by atoms with Gasteiger partial charge in [0.1, 0.15) is 24.8 Å². The number of carbonyl (C=O) groups excluding carboxylic acids is 1. The largest absolute Gasteiger partial charge is 0.491 e. The topological polar surface area (TPSA) is 112 Å². The third-order valence-electron chi connectivity index (χ3n) is 4.06. The van der Waals surface area contributed by atoms with Crippen LogP contribution in [0, 0.1) is 0 Å². The Labute approximate surface area is 196 Å². The van der Waals surface area contributed by atoms with Gasteiger partial charge in [0.25, 0.3) is 0 Å². The predicted octanol–water partition coefficient (Wildman–Crippen LogP) is 5.00. The number of hydrogen-bond donors (Lipinski definition) is 3. The highest BCUT2D eigenvalue weighted by Crippen LogP contribution is 2.30. The smallest absolute Gasteiger partial charge is 0.121 e. The van der Waals surface area contributed by atoms with Crippen molar-refractivity contribution in [2.45, 2.75) is 32.9 Å². The summed E-state index contributed by atoms with van der Waals surface area (Å²) in [6, 6.07) is 13.2. The van der Waals surface area contributed by atoms with Crippen LogP contribution in [0.1, 0.15) is 32.8 Å². The van der Waals surface area contributed by atoms with Crippen molar-refractivity contribution in [3.8, 4) is 5.75 Å². The summed E-state index contributed by atoms with van der Waals surface area (Å²) in [6.45, 7) is 12.5. The first-order valence-electron chi connectivity index (χ1n) is 10.4. The number of carbonyl (C=O) groups is 1. The maximum absolute atomic E-state index is 12.3. The van der Waals surface area contributed by atoms with Crippen molar-refractivity contribution in [2.75, 3.05) is 37.9 Å². The van der Waals surface area contributed by atoms with Gasteiger partial charge in [0.05, 0.1) is 12.3 Å². The monoisotopic (exact) mass is 460 g/mol. The summed E-state index contributed by atoms with van der Waals surface area (Å²) in [5.41, 5.74) is 13.8. The molecule has 5 N–H and O–H groups in total. The highest BCUT2D eigenvalue weighted by atomic mass is 19.1. The summed E-state index contributed by atoms with van der Waals surface area (Å²) in [7, 11) is 1.64. The van der Waals surface area contributed by atoms with Crippen LogP contribution in [-0.4, -0.2) is 45.5 Å². The zero-order valence-electron chi connectivity index (χ0n) is 20.1. The maximum atomic E-state index is 12.3. The molecule has 8 heteroatoms. The second kappa shape index (κ2) is 16.4. The van der Waals surface area contributed by atoms with Crippen LogP contribution in [-0.2, 0) is 9.53 Å². The predicted molar refractivity (Wildman–Crippen MR) is 137 cm³/mol. The van der Waals surface area contributed by atoms with Gasteiger partial charge >= 0.3 is 0 Å². The van der Waals surface area contributed by atoms with E-state index in [-0.39, 0.29) is 0 Å². The highest BCUT2D eigenvalue weighted by molar-refractivity contribution is 5.83. The van der Waals surface area contributed by atoms with E-state index in [1.54, 1.807) is 13.3 Å². The number of hydrogen-bond acceptors (Lipinski definition) is 7. The normalized spacial score (nSPS) is 10.5. The molecule has 0 saturated heterocycles. The Morgan fingerprint density at radius 2 is 1.82 bits per heavy atom. The molecule has 0 saturated carbocycles. The average molecular weight is 461 g/mol. The number of ether oxygens (including phenoxy) is 2. The summed E-state index contributed by atoms with van der Waals surface area (Å²) in [5.74, 6) is 0.747. The number of alkyl halides is 1. The van der Waals surface area contributed by atoms with Gasteiger partial charge in [-0.3, -0.25) is 4.99 Å².